The molecule has 4 rings (SSSR count). The van der Waals surface area contributed by atoms with E-state index in [1.165, 1.54) is 12.1 Å². The second kappa shape index (κ2) is 9.04. The Balaban J connectivity index is 1.93. The van der Waals surface area contributed by atoms with Crippen LogP contribution >= 0.6 is 0 Å². The second-order valence-electron chi connectivity index (χ2n) is 8.59. The highest BCUT2D eigenvalue weighted by atomic mass is 19.1. The molecule has 0 spiro atoms. The van der Waals surface area contributed by atoms with Crippen molar-refractivity contribution in [1.82, 2.24) is 9.55 Å². The SMILES string of the molecule is CN(C)c1ccc(-c2c(-c3ccc(C#N)c(F)c3)cc(N3CCC(N)CC3)c(=O)n2C)cn1. The Hall–Kier alpha value is -3.70. The third-order valence-corrected chi connectivity index (χ3v) is 6.16. The van der Waals surface area contributed by atoms with Gasteiger partial charge in [0, 0.05) is 57.6 Å². The molecule has 1 aliphatic rings. The van der Waals surface area contributed by atoms with Crippen molar-refractivity contribution in [1.29, 1.82) is 5.26 Å². The van der Waals surface area contributed by atoms with Crippen LogP contribution in [0, 0.1) is 17.1 Å². The van der Waals surface area contributed by atoms with E-state index >= 15 is 0 Å². The molecule has 1 fully saturated rings. The van der Waals surface area contributed by atoms with Crippen LogP contribution < -0.4 is 21.1 Å². The molecule has 1 saturated heterocycles. The number of hydrogen-bond acceptors (Lipinski definition) is 6. The summed E-state index contributed by atoms with van der Waals surface area (Å²) >= 11 is 0. The predicted octanol–water partition coefficient (Wildman–Crippen LogP) is 3.12. The number of nitriles is 1. The largest absolute Gasteiger partial charge is 0.367 e. The smallest absolute Gasteiger partial charge is 0.274 e. The van der Waals surface area contributed by atoms with E-state index < -0.39 is 5.82 Å². The monoisotopic (exact) mass is 446 g/mol. The molecule has 0 unspecified atom stereocenters. The van der Waals surface area contributed by atoms with Crippen molar-refractivity contribution in [3.8, 4) is 28.5 Å². The molecule has 3 aromatic rings. The van der Waals surface area contributed by atoms with Gasteiger partial charge in [-0.05, 0) is 48.7 Å². The molecular formula is C25H27FN6O. The highest BCUT2D eigenvalue weighted by molar-refractivity contribution is 5.83. The van der Waals surface area contributed by atoms with Gasteiger partial charge in [-0.25, -0.2) is 9.37 Å². The van der Waals surface area contributed by atoms with Gasteiger partial charge in [0.25, 0.3) is 5.56 Å². The average molecular weight is 447 g/mol. The van der Waals surface area contributed by atoms with E-state index in [1.54, 1.807) is 23.9 Å². The van der Waals surface area contributed by atoms with E-state index in [2.05, 4.69) is 4.98 Å². The molecule has 8 heteroatoms. The third kappa shape index (κ3) is 4.32. The highest BCUT2D eigenvalue weighted by Gasteiger charge is 2.23. The molecule has 0 saturated carbocycles. The first-order valence-corrected chi connectivity index (χ1v) is 10.9. The van der Waals surface area contributed by atoms with Crippen LogP contribution in [0.25, 0.3) is 22.4 Å². The molecule has 7 nitrogen and oxygen atoms in total. The summed E-state index contributed by atoms with van der Waals surface area (Å²) in [6.45, 7) is 1.38. The lowest BCUT2D eigenvalue weighted by Crippen LogP contribution is -2.42. The van der Waals surface area contributed by atoms with E-state index in [9.17, 15) is 9.18 Å². The van der Waals surface area contributed by atoms with Crippen LogP contribution in [0.5, 0.6) is 0 Å². The molecule has 2 aromatic heterocycles. The first-order chi connectivity index (χ1) is 15.8. The fourth-order valence-corrected chi connectivity index (χ4v) is 4.22. The van der Waals surface area contributed by atoms with E-state index in [-0.39, 0.29) is 17.2 Å². The van der Waals surface area contributed by atoms with Crippen molar-refractivity contribution in [2.45, 2.75) is 18.9 Å². The minimum absolute atomic E-state index is 0.0210. The molecule has 1 aromatic carbocycles. The van der Waals surface area contributed by atoms with Crippen molar-refractivity contribution in [3.05, 3.63) is 64.3 Å². The molecule has 3 heterocycles. The zero-order valence-corrected chi connectivity index (χ0v) is 19.0. The van der Waals surface area contributed by atoms with Gasteiger partial charge >= 0.3 is 0 Å². The standard InChI is InChI=1S/C25H27FN6O/c1-30(2)23-7-6-18(15-29-23)24-20(16-4-5-17(14-27)21(26)12-16)13-22(25(33)31(24)3)32-10-8-19(28)9-11-32/h4-7,12-13,15,19H,8-11,28H2,1-3H3. The molecule has 0 aliphatic carbocycles. The van der Waals surface area contributed by atoms with E-state index in [4.69, 9.17) is 11.0 Å². The van der Waals surface area contributed by atoms with Gasteiger partial charge in [-0.15, -0.1) is 0 Å². The van der Waals surface area contributed by atoms with Crippen LogP contribution in [0.4, 0.5) is 15.9 Å². The summed E-state index contributed by atoms with van der Waals surface area (Å²) in [7, 11) is 5.53. The Morgan fingerprint density at radius 1 is 1.15 bits per heavy atom. The lowest BCUT2D eigenvalue weighted by molar-refractivity contribution is 0.499. The number of anilines is 2. The number of halogens is 1. The first-order valence-electron chi connectivity index (χ1n) is 10.9. The number of pyridine rings is 2. The number of aromatic nitrogens is 2. The molecule has 0 atom stereocenters. The number of piperidine rings is 1. The molecule has 0 radical (unpaired) electrons. The molecule has 0 amide bonds. The van der Waals surface area contributed by atoms with Gasteiger partial charge in [0.15, 0.2) is 0 Å². The fourth-order valence-electron chi connectivity index (χ4n) is 4.22. The Morgan fingerprint density at radius 3 is 2.42 bits per heavy atom. The van der Waals surface area contributed by atoms with Gasteiger partial charge in [-0.2, -0.15) is 5.26 Å². The van der Waals surface area contributed by atoms with E-state index in [1.807, 2.05) is 48.2 Å². The summed E-state index contributed by atoms with van der Waals surface area (Å²) < 4.78 is 16.2. The third-order valence-electron chi connectivity index (χ3n) is 6.16. The van der Waals surface area contributed by atoms with Crippen molar-refractivity contribution < 1.29 is 4.39 Å². The molecule has 33 heavy (non-hydrogen) atoms. The fraction of sp³-hybridized carbons (Fsp3) is 0.320. The maximum absolute atomic E-state index is 14.6. The Labute approximate surface area is 192 Å². The predicted molar refractivity (Wildman–Crippen MR) is 129 cm³/mol. The maximum atomic E-state index is 14.6. The molecule has 170 valence electrons. The summed E-state index contributed by atoms with van der Waals surface area (Å²) in [5, 5.41) is 9.13. The zero-order valence-electron chi connectivity index (χ0n) is 19.0. The van der Waals surface area contributed by atoms with Gasteiger partial charge in [0.1, 0.15) is 23.4 Å². The van der Waals surface area contributed by atoms with E-state index in [0.717, 1.165) is 24.2 Å². The zero-order chi connectivity index (χ0) is 23.7. The summed E-state index contributed by atoms with van der Waals surface area (Å²) in [6.07, 6.45) is 3.33. The van der Waals surface area contributed by atoms with Gasteiger partial charge in [-0.3, -0.25) is 4.79 Å². The normalized spacial score (nSPS) is 14.2. The van der Waals surface area contributed by atoms with Gasteiger partial charge in [-0.1, -0.05) is 6.07 Å². The van der Waals surface area contributed by atoms with Crippen molar-refractivity contribution in [3.63, 3.8) is 0 Å². The van der Waals surface area contributed by atoms with Crippen LogP contribution in [-0.2, 0) is 7.05 Å². The molecule has 1 aliphatic heterocycles. The molecule has 0 bridgehead atoms. The van der Waals surface area contributed by atoms with Crippen molar-refractivity contribution in [2.24, 2.45) is 12.8 Å². The summed E-state index contributed by atoms with van der Waals surface area (Å²) in [5.41, 5.74) is 9.13. The minimum atomic E-state index is -0.596. The second-order valence-corrected chi connectivity index (χ2v) is 8.59. The Morgan fingerprint density at radius 2 is 1.85 bits per heavy atom. The molecular weight excluding hydrogens is 419 g/mol. The van der Waals surface area contributed by atoms with Gasteiger partial charge in [0.05, 0.1) is 11.3 Å². The van der Waals surface area contributed by atoms with Gasteiger partial charge in [0.2, 0.25) is 0 Å². The number of hydrogen-bond donors (Lipinski definition) is 1. The van der Waals surface area contributed by atoms with Crippen molar-refractivity contribution in [2.75, 3.05) is 37.0 Å². The van der Waals surface area contributed by atoms with Crippen LogP contribution in [0.15, 0.2) is 47.4 Å². The highest BCUT2D eigenvalue weighted by Crippen LogP contribution is 2.34. The van der Waals surface area contributed by atoms with Crippen LogP contribution in [0.2, 0.25) is 0 Å². The number of nitrogens with zero attached hydrogens (tertiary/aromatic N) is 5. The van der Waals surface area contributed by atoms with Crippen LogP contribution in [0.1, 0.15) is 18.4 Å². The van der Waals surface area contributed by atoms with Gasteiger partial charge < -0.3 is 20.1 Å². The first kappa shape index (κ1) is 22.5. The Kier molecular flexibility index (Phi) is 6.16. The number of nitrogens with two attached hydrogens (primary N) is 1. The lowest BCUT2D eigenvalue weighted by Gasteiger charge is -2.32. The van der Waals surface area contributed by atoms with Crippen LogP contribution in [-0.4, -0.2) is 42.8 Å². The average Bonchev–Trinajstić information content (AvgIpc) is 2.81. The van der Waals surface area contributed by atoms with Crippen LogP contribution in [0.3, 0.4) is 0 Å². The summed E-state index contributed by atoms with van der Waals surface area (Å²) in [5.74, 6) is 0.192. The number of benzene rings is 1. The summed E-state index contributed by atoms with van der Waals surface area (Å²) in [6, 6.07) is 12.1. The topological polar surface area (TPSA) is 91.2 Å². The maximum Gasteiger partial charge on any atom is 0.274 e. The van der Waals surface area contributed by atoms with E-state index in [0.29, 0.717) is 35.6 Å². The quantitative estimate of drug-likeness (QED) is 0.662. The lowest BCUT2D eigenvalue weighted by atomic mass is 9.97. The van der Waals surface area contributed by atoms with Crippen molar-refractivity contribution >= 4 is 11.5 Å². The molecule has 2 N–H and O–H groups in total. The summed E-state index contributed by atoms with van der Waals surface area (Å²) in [4.78, 5) is 21.8. The Bertz CT molecular complexity index is 1270. The number of rotatable bonds is 4. The minimum Gasteiger partial charge on any atom is -0.367 e.